The summed E-state index contributed by atoms with van der Waals surface area (Å²) in [5.41, 5.74) is 3.05. The third-order valence-corrected chi connectivity index (χ3v) is 6.34. The number of rotatable bonds is 3. The Kier molecular flexibility index (Phi) is 4.47. The van der Waals surface area contributed by atoms with E-state index < -0.39 is 10.0 Å². The Morgan fingerprint density at radius 3 is 2.35 bits per heavy atom. The minimum Gasteiger partial charge on any atom is -0.335 e. The van der Waals surface area contributed by atoms with Gasteiger partial charge in [-0.3, -0.25) is 4.79 Å². The van der Waals surface area contributed by atoms with Crippen LogP contribution in [0.1, 0.15) is 16.1 Å². The van der Waals surface area contributed by atoms with Crippen LogP contribution >= 0.6 is 11.3 Å². The van der Waals surface area contributed by atoms with Crippen LogP contribution in [0.4, 0.5) is 0 Å². The number of hydrogen-bond donors (Lipinski definition) is 0. The Morgan fingerprint density at radius 1 is 1.13 bits per heavy atom. The maximum atomic E-state index is 12.6. The van der Waals surface area contributed by atoms with Crippen molar-refractivity contribution in [3.05, 3.63) is 46.4 Å². The van der Waals surface area contributed by atoms with Gasteiger partial charge in [-0.15, -0.1) is 11.3 Å². The molecule has 1 saturated heterocycles. The SMILES string of the molecule is Cc1ccc(S(=O)(=O)N2CCN(C(=O)c3cscn3)CC2)cc1. The fourth-order valence-electron chi connectivity index (χ4n) is 2.47. The van der Waals surface area contributed by atoms with Gasteiger partial charge in [0.05, 0.1) is 10.4 Å². The van der Waals surface area contributed by atoms with Crippen LogP contribution in [0.25, 0.3) is 0 Å². The van der Waals surface area contributed by atoms with E-state index >= 15 is 0 Å². The van der Waals surface area contributed by atoms with Crippen LogP contribution < -0.4 is 0 Å². The number of aromatic nitrogens is 1. The molecular weight excluding hydrogens is 334 g/mol. The fourth-order valence-corrected chi connectivity index (χ4v) is 4.42. The van der Waals surface area contributed by atoms with Gasteiger partial charge in [-0.05, 0) is 19.1 Å². The molecule has 0 aliphatic carbocycles. The Bertz CT molecular complexity index is 778. The van der Waals surface area contributed by atoms with E-state index in [2.05, 4.69) is 4.98 Å². The van der Waals surface area contributed by atoms with Crippen LogP contribution in [0.5, 0.6) is 0 Å². The zero-order chi connectivity index (χ0) is 16.4. The van der Waals surface area contributed by atoms with Gasteiger partial charge in [-0.2, -0.15) is 4.31 Å². The summed E-state index contributed by atoms with van der Waals surface area (Å²) in [4.78, 5) is 18.2. The summed E-state index contributed by atoms with van der Waals surface area (Å²) in [5.74, 6) is -0.140. The largest absolute Gasteiger partial charge is 0.335 e. The summed E-state index contributed by atoms with van der Waals surface area (Å²) in [6.07, 6.45) is 0. The molecule has 1 aromatic carbocycles. The third-order valence-electron chi connectivity index (χ3n) is 3.84. The molecule has 1 aromatic heterocycles. The molecule has 1 fully saturated rings. The number of carbonyl (C=O) groups excluding carboxylic acids is 1. The molecule has 1 amide bonds. The van der Waals surface area contributed by atoms with Gasteiger partial charge in [0.25, 0.3) is 5.91 Å². The molecule has 6 nitrogen and oxygen atoms in total. The van der Waals surface area contributed by atoms with E-state index in [9.17, 15) is 13.2 Å². The second-order valence-corrected chi connectivity index (χ2v) is 8.04. The molecule has 0 unspecified atom stereocenters. The van der Waals surface area contributed by atoms with Gasteiger partial charge in [0.15, 0.2) is 0 Å². The zero-order valence-corrected chi connectivity index (χ0v) is 14.3. The maximum Gasteiger partial charge on any atom is 0.273 e. The molecule has 0 saturated carbocycles. The quantitative estimate of drug-likeness (QED) is 0.842. The monoisotopic (exact) mass is 351 g/mol. The van der Waals surface area contributed by atoms with Gasteiger partial charge in [0.2, 0.25) is 10.0 Å². The lowest BCUT2D eigenvalue weighted by atomic mass is 10.2. The summed E-state index contributed by atoms with van der Waals surface area (Å²) in [6, 6.07) is 6.82. The van der Waals surface area contributed by atoms with Crippen LogP contribution in [0.15, 0.2) is 40.1 Å². The molecule has 1 aliphatic heterocycles. The number of piperazine rings is 1. The van der Waals surface area contributed by atoms with Gasteiger partial charge < -0.3 is 4.90 Å². The van der Waals surface area contributed by atoms with Gasteiger partial charge in [-0.25, -0.2) is 13.4 Å². The average Bonchev–Trinajstić information content (AvgIpc) is 3.09. The van der Waals surface area contributed by atoms with Crippen molar-refractivity contribution in [2.45, 2.75) is 11.8 Å². The second-order valence-electron chi connectivity index (χ2n) is 5.38. The lowest BCUT2D eigenvalue weighted by molar-refractivity contribution is 0.0693. The number of thiazole rings is 1. The van der Waals surface area contributed by atoms with Gasteiger partial charge in [0.1, 0.15) is 5.69 Å². The number of nitrogens with zero attached hydrogens (tertiary/aromatic N) is 3. The van der Waals surface area contributed by atoms with E-state index in [1.165, 1.54) is 15.6 Å². The predicted molar refractivity (Wildman–Crippen MR) is 88.0 cm³/mol. The number of benzene rings is 1. The van der Waals surface area contributed by atoms with Crippen LogP contribution in [0, 0.1) is 6.92 Å². The van der Waals surface area contributed by atoms with Crippen molar-refractivity contribution in [3.63, 3.8) is 0 Å². The number of carbonyl (C=O) groups is 1. The molecule has 8 heteroatoms. The third kappa shape index (κ3) is 3.29. The summed E-state index contributed by atoms with van der Waals surface area (Å²) in [6.45, 7) is 3.26. The van der Waals surface area contributed by atoms with Crippen molar-refractivity contribution >= 4 is 27.3 Å². The van der Waals surface area contributed by atoms with E-state index in [0.717, 1.165) is 5.56 Å². The van der Waals surface area contributed by atoms with Crippen molar-refractivity contribution in [2.75, 3.05) is 26.2 Å². The fraction of sp³-hybridized carbons (Fsp3) is 0.333. The van der Waals surface area contributed by atoms with Crippen molar-refractivity contribution in [1.29, 1.82) is 0 Å². The minimum absolute atomic E-state index is 0.140. The Balaban J connectivity index is 1.69. The van der Waals surface area contributed by atoms with Gasteiger partial charge in [-0.1, -0.05) is 17.7 Å². The zero-order valence-electron chi connectivity index (χ0n) is 12.7. The molecule has 0 radical (unpaired) electrons. The molecule has 3 rings (SSSR count). The molecule has 2 aromatic rings. The van der Waals surface area contributed by atoms with Crippen molar-refractivity contribution < 1.29 is 13.2 Å². The molecule has 0 atom stereocenters. The summed E-state index contributed by atoms with van der Waals surface area (Å²) < 4.78 is 26.7. The minimum atomic E-state index is -3.50. The van der Waals surface area contributed by atoms with Crippen molar-refractivity contribution in [2.24, 2.45) is 0 Å². The number of hydrogen-bond acceptors (Lipinski definition) is 5. The highest BCUT2D eigenvalue weighted by atomic mass is 32.2. The van der Waals surface area contributed by atoms with Gasteiger partial charge >= 0.3 is 0 Å². The van der Waals surface area contributed by atoms with E-state index in [1.807, 2.05) is 6.92 Å². The van der Waals surface area contributed by atoms with Crippen molar-refractivity contribution in [3.8, 4) is 0 Å². The van der Waals surface area contributed by atoms with Crippen LogP contribution in [-0.4, -0.2) is 54.7 Å². The normalized spacial score (nSPS) is 16.5. The first-order valence-corrected chi connectivity index (χ1v) is 9.61. The second kappa shape index (κ2) is 6.38. The predicted octanol–water partition coefficient (Wildman–Crippen LogP) is 1.60. The van der Waals surface area contributed by atoms with Crippen molar-refractivity contribution in [1.82, 2.24) is 14.2 Å². The average molecular weight is 351 g/mol. The van der Waals surface area contributed by atoms with Crippen LogP contribution in [0.3, 0.4) is 0 Å². The molecule has 2 heterocycles. The Labute approximate surface area is 139 Å². The Hall–Kier alpha value is -1.77. The lowest BCUT2D eigenvalue weighted by Crippen LogP contribution is -2.50. The first-order valence-electron chi connectivity index (χ1n) is 7.23. The summed E-state index contributed by atoms with van der Waals surface area (Å²) >= 11 is 1.37. The molecule has 0 N–H and O–H groups in total. The molecule has 0 spiro atoms. The highest BCUT2D eigenvalue weighted by Gasteiger charge is 2.30. The molecular formula is C15H17N3O3S2. The Morgan fingerprint density at radius 2 is 1.78 bits per heavy atom. The molecule has 122 valence electrons. The highest BCUT2D eigenvalue weighted by Crippen LogP contribution is 2.19. The maximum absolute atomic E-state index is 12.6. The topological polar surface area (TPSA) is 70.6 Å². The molecule has 23 heavy (non-hydrogen) atoms. The number of aryl methyl sites for hydroxylation is 1. The summed E-state index contributed by atoms with van der Waals surface area (Å²) in [5, 5.41) is 1.71. The number of amides is 1. The highest BCUT2D eigenvalue weighted by molar-refractivity contribution is 7.89. The van der Waals surface area contributed by atoms with E-state index in [0.29, 0.717) is 36.8 Å². The van der Waals surface area contributed by atoms with Crippen LogP contribution in [-0.2, 0) is 10.0 Å². The first kappa shape index (κ1) is 16.1. The smallest absolute Gasteiger partial charge is 0.273 e. The first-order chi connectivity index (χ1) is 11.0. The van der Waals surface area contributed by atoms with E-state index in [4.69, 9.17) is 0 Å². The van der Waals surface area contributed by atoms with Gasteiger partial charge in [0, 0.05) is 31.6 Å². The standard InChI is InChI=1S/C15H17N3O3S2/c1-12-2-4-13(5-3-12)23(20,21)18-8-6-17(7-9-18)15(19)14-10-22-11-16-14/h2-5,10-11H,6-9H2,1H3. The lowest BCUT2D eigenvalue weighted by Gasteiger charge is -2.33. The molecule has 0 bridgehead atoms. The molecule has 1 aliphatic rings. The van der Waals surface area contributed by atoms with E-state index in [-0.39, 0.29) is 5.91 Å². The summed E-state index contributed by atoms with van der Waals surface area (Å²) in [7, 11) is -3.50. The van der Waals surface area contributed by atoms with E-state index in [1.54, 1.807) is 40.1 Å². The van der Waals surface area contributed by atoms with Crippen LogP contribution in [0.2, 0.25) is 0 Å². The number of sulfonamides is 1.